The lowest BCUT2D eigenvalue weighted by molar-refractivity contribution is -0.130. The lowest BCUT2D eigenvalue weighted by Gasteiger charge is -2.28. The average Bonchev–Trinajstić information content (AvgIpc) is 3.15. The summed E-state index contributed by atoms with van der Waals surface area (Å²) in [6.07, 6.45) is 3.26. The van der Waals surface area contributed by atoms with Crippen LogP contribution in [-0.4, -0.2) is 40.7 Å². The third-order valence-corrected chi connectivity index (χ3v) is 6.65. The number of hydrogen-bond acceptors (Lipinski definition) is 4. The molecule has 0 radical (unpaired) electrons. The molecule has 172 valence electrons. The second kappa shape index (κ2) is 9.14. The number of amides is 2. The van der Waals surface area contributed by atoms with E-state index >= 15 is 0 Å². The fourth-order valence-electron chi connectivity index (χ4n) is 4.90. The first-order chi connectivity index (χ1) is 16.6. The third-order valence-electron chi connectivity index (χ3n) is 6.65. The van der Waals surface area contributed by atoms with Crippen LogP contribution in [0.5, 0.6) is 0 Å². The SMILES string of the molecule is NC1=NC(c2ccccc2)(c2ccccc2)C(=O)N1Cc1cccc(C(=O)N2CCCCC2)c1. The van der Waals surface area contributed by atoms with E-state index in [1.807, 2.05) is 89.8 Å². The maximum atomic E-state index is 14.0. The highest BCUT2D eigenvalue weighted by atomic mass is 16.2. The van der Waals surface area contributed by atoms with E-state index in [1.165, 1.54) is 11.3 Å². The Morgan fingerprint density at radius 1 is 0.853 bits per heavy atom. The Hall–Kier alpha value is -3.93. The van der Waals surface area contributed by atoms with Crippen molar-refractivity contribution in [1.29, 1.82) is 0 Å². The minimum Gasteiger partial charge on any atom is -0.369 e. The lowest BCUT2D eigenvalue weighted by Crippen LogP contribution is -2.43. The predicted octanol–water partition coefficient (Wildman–Crippen LogP) is 3.91. The van der Waals surface area contributed by atoms with Crippen LogP contribution in [0.2, 0.25) is 0 Å². The van der Waals surface area contributed by atoms with Crippen molar-refractivity contribution in [2.45, 2.75) is 31.3 Å². The molecule has 2 heterocycles. The van der Waals surface area contributed by atoms with E-state index in [0.29, 0.717) is 5.56 Å². The summed E-state index contributed by atoms with van der Waals surface area (Å²) in [5, 5.41) is 0. The summed E-state index contributed by atoms with van der Waals surface area (Å²) in [7, 11) is 0. The first-order valence-electron chi connectivity index (χ1n) is 11.8. The van der Waals surface area contributed by atoms with Crippen molar-refractivity contribution in [2.24, 2.45) is 10.7 Å². The quantitative estimate of drug-likeness (QED) is 0.637. The van der Waals surface area contributed by atoms with Gasteiger partial charge in [-0.3, -0.25) is 14.5 Å². The molecule has 2 aliphatic rings. The van der Waals surface area contributed by atoms with E-state index in [2.05, 4.69) is 0 Å². The van der Waals surface area contributed by atoms with Crippen LogP contribution in [0.4, 0.5) is 0 Å². The molecule has 0 aromatic heterocycles. The van der Waals surface area contributed by atoms with E-state index in [0.717, 1.165) is 42.6 Å². The number of nitrogens with two attached hydrogens (primary N) is 1. The zero-order valence-electron chi connectivity index (χ0n) is 19.1. The molecule has 0 bridgehead atoms. The molecule has 6 nitrogen and oxygen atoms in total. The molecule has 2 amide bonds. The molecule has 0 atom stereocenters. The van der Waals surface area contributed by atoms with Crippen molar-refractivity contribution < 1.29 is 9.59 Å². The predicted molar refractivity (Wildman–Crippen MR) is 132 cm³/mol. The number of aliphatic imine (C=N–C) groups is 1. The van der Waals surface area contributed by atoms with Crippen LogP contribution in [0.15, 0.2) is 89.9 Å². The smallest absolute Gasteiger partial charge is 0.266 e. The third kappa shape index (κ3) is 3.85. The maximum absolute atomic E-state index is 14.0. The van der Waals surface area contributed by atoms with E-state index in [9.17, 15) is 9.59 Å². The van der Waals surface area contributed by atoms with Crippen LogP contribution >= 0.6 is 0 Å². The topological polar surface area (TPSA) is 79.0 Å². The van der Waals surface area contributed by atoms with Crippen molar-refractivity contribution in [3.8, 4) is 0 Å². The molecular weight excluding hydrogens is 424 g/mol. The first-order valence-corrected chi connectivity index (χ1v) is 11.8. The van der Waals surface area contributed by atoms with Gasteiger partial charge in [-0.2, -0.15) is 0 Å². The highest BCUT2D eigenvalue weighted by molar-refractivity contribution is 6.09. The molecule has 2 N–H and O–H groups in total. The van der Waals surface area contributed by atoms with Crippen LogP contribution < -0.4 is 5.73 Å². The Bertz CT molecular complexity index is 1180. The highest BCUT2D eigenvalue weighted by Crippen LogP contribution is 2.40. The fourth-order valence-corrected chi connectivity index (χ4v) is 4.90. The summed E-state index contributed by atoms with van der Waals surface area (Å²) < 4.78 is 0. The van der Waals surface area contributed by atoms with E-state index in [1.54, 1.807) is 0 Å². The van der Waals surface area contributed by atoms with Gasteiger partial charge in [0.1, 0.15) is 0 Å². The summed E-state index contributed by atoms with van der Waals surface area (Å²) >= 11 is 0. The largest absolute Gasteiger partial charge is 0.369 e. The van der Waals surface area contributed by atoms with Crippen molar-refractivity contribution in [1.82, 2.24) is 9.80 Å². The molecule has 1 fully saturated rings. The summed E-state index contributed by atoms with van der Waals surface area (Å²) in [6, 6.07) is 26.5. The van der Waals surface area contributed by atoms with Crippen molar-refractivity contribution in [3.05, 3.63) is 107 Å². The average molecular weight is 453 g/mol. The van der Waals surface area contributed by atoms with E-state index < -0.39 is 5.54 Å². The molecule has 0 aliphatic carbocycles. The highest BCUT2D eigenvalue weighted by Gasteiger charge is 2.50. The first kappa shape index (κ1) is 21.9. The van der Waals surface area contributed by atoms with Crippen molar-refractivity contribution in [2.75, 3.05) is 13.1 Å². The maximum Gasteiger partial charge on any atom is 0.266 e. The number of likely N-dealkylation sites (tertiary alicyclic amines) is 1. The molecule has 3 aromatic carbocycles. The van der Waals surface area contributed by atoms with Gasteiger partial charge in [0.15, 0.2) is 11.5 Å². The lowest BCUT2D eigenvalue weighted by atomic mass is 9.83. The normalized spacial score (nSPS) is 17.5. The van der Waals surface area contributed by atoms with Crippen LogP contribution in [0.3, 0.4) is 0 Å². The van der Waals surface area contributed by atoms with Gasteiger partial charge in [0.25, 0.3) is 11.8 Å². The van der Waals surface area contributed by atoms with Gasteiger partial charge >= 0.3 is 0 Å². The standard InChI is InChI=1S/C28H28N4O2/c29-27-30-28(23-13-4-1-5-14-23,24-15-6-2-7-16-24)26(34)32(27)20-21-11-10-12-22(19-21)25(33)31-17-8-3-9-18-31/h1-2,4-7,10-16,19H,3,8-9,17-18,20H2,(H2,29,30). The van der Waals surface area contributed by atoms with Crippen LogP contribution in [0.25, 0.3) is 0 Å². The summed E-state index contributed by atoms with van der Waals surface area (Å²) in [6.45, 7) is 1.84. The zero-order chi connectivity index (χ0) is 23.5. The zero-order valence-corrected chi connectivity index (χ0v) is 19.1. The van der Waals surface area contributed by atoms with Crippen LogP contribution in [-0.2, 0) is 16.9 Å². The molecule has 2 aliphatic heterocycles. The Morgan fingerprint density at radius 3 is 2.09 bits per heavy atom. The summed E-state index contributed by atoms with van der Waals surface area (Å²) in [5.41, 5.74) is 8.15. The number of nitrogens with zero attached hydrogens (tertiary/aromatic N) is 3. The molecule has 34 heavy (non-hydrogen) atoms. The molecule has 5 rings (SSSR count). The molecule has 0 unspecified atom stereocenters. The van der Waals surface area contributed by atoms with Crippen LogP contribution in [0.1, 0.15) is 46.3 Å². The molecule has 1 saturated heterocycles. The molecule has 0 saturated carbocycles. The van der Waals surface area contributed by atoms with Gasteiger partial charge in [-0.05, 0) is 48.1 Å². The summed E-state index contributed by atoms with van der Waals surface area (Å²) in [5.74, 6) is 0.0134. The second-order valence-electron chi connectivity index (χ2n) is 8.86. The number of piperidine rings is 1. The van der Waals surface area contributed by atoms with Gasteiger partial charge in [-0.1, -0.05) is 72.8 Å². The number of rotatable bonds is 5. The van der Waals surface area contributed by atoms with Crippen molar-refractivity contribution >= 4 is 17.8 Å². The molecule has 0 spiro atoms. The number of carbonyl (C=O) groups is 2. The van der Waals surface area contributed by atoms with Gasteiger partial charge in [-0.25, -0.2) is 4.99 Å². The Kier molecular flexibility index (Phi) is 5.88. The Balaban J connectivity index is 1.46. The summed E-state index contributed by atoms with van der Waals surface area (Å²) in [4.78, 5) is 35.1. The van der Waals surface area contributed by atoms with Crippen LogP contribution in [0, 0.1) is 0 Å². The monoisotopic (exact) mass is 452 g/mol. The molecule has 6 heteroatoms. The minimum atomic E-state index is -1.23. The van der Waals surface area contributed by atoms with E-state index in [-0.39, 0.29) is 24.3 Å². The Morgan fingerprint density at radius 2 is 1.47 bits per heavy atom. The van der Waals surface area contributed by atoms with Gasteiger partial charge in [0.2, 0.25) is 0 Å². The van der Waals surface area contributed by atoms with Gasteiger partial charge in [0.05, 0.1) is 6.54 Å². The van der Waals surface area contributed by atoms with Crippen molar-refractivity contribution in [3.63, 3.8) is 0 Å². The number of hydrogen-bond donors (Lipinski definition) is 1. The number of guanidine groups is 1. The second-order valence-corrected chi connectivity index (χ2v) is 8.86. The number of carbonyl (C=O) groups excluding carboxylic acids is 2. The molecular formula is C28H28N4O2. The van der Waals surface area contributed by atoms with Gasteiger partial charge in [-0.15, -0.1) is 0 Å². The Labute approximate surface area is 199 Å². The van der Waals surface area contributed by atoms with Gasteiger partial charge < -0.3 is 10.6 Å². The minimum absolute atomic E-state index is 0.0406. The fraction of sp³-hybridized carbons (Fsp3) is 0.250. The van der Waals surface area contributed by atoms with Gasteiger partial charge in [0, 0.05) is 18.7 Å². The molecule has 3 aromatic rings. The van der Waals surface area contributed by atoms with E-state index in [4.69, 9.17) is 10.7 Å². The number of benzene rings is 3.